The Morgan fingerprint density at radius 2 is 2.29 bits per heavy atom. The molecule has 17 heavy (non-hydrogen) atoms. The van der Waals surface area contributed by atoms with Gasteiger partial charge in [0.25, 0.3) is 0 Å². The quantitative estimate of drug-likeness (QED) is 0.633. The zero-order valence-corrected chi connectivity index (χ0v) is 9.40. The predicted octanol–water partition coefficient (Wildman–Crippen LogP) is -0.625. The number of nitrogens with one attached hydrogen (secondary N) is 2. The van der Waals surface area contributed by atoms with E-state index in [-0.39, 0.29) is 6.54 Å². The highest BCUT2D eigenvalue weighted by Gasteiger charge is 2.05. The number of carbonyl (C=O) groups excluding carboxylic acids is 2. The minimum Gasteiger partial charge on any atom is -0.481 e. The van der Waals surface area contributed by atoms with E-state index in [0.717, 1.165) is 5.56 Å². The van der Waals surface area contributed by atoms with Crippen LogP contribution in [0.3, 0.4) is 0 Å². The van der Waals surface area contributed by atoms with Gasteiger partial charge in [-0.25, -0.2) is 9.78 Å². The van der Waals surface area contributed by atoms with Gasteiger partial charge in [-0.15, -0.1) is 0 Å². The molecule has 7 nitrogen and oxygen atoms in total. The lowest BCUT2D eigenvalue weighted by Gasteiger charge is -2.07. The van der Waals surface area contributed by atoms with Crippen molar-refractivity contribution < 1.29 is 14.3 Å². The second-order valence-corrected chi connectivity index (χ2v) is 3.19. The maximum atomic E-state index is 11.1. The number of methoxy groups -OCH3 is 1. The van der Waals surface area contributed by atoms with Gasteiger partial charge in [-0.1, -0.05) is 6.07 Å². The molecule has 0 fully saturated rings. The number of primary amides is 1. The fourth-order valence-electron chi connectivity index (χ4n) is 1.23. The van der Waals surface area contributed by atoms with Crippen LogP contribution in [0.25, 0.3) is 0 Å². The summed E-state index contributed by atoms with van der Waals surface area (Å²) in [6.45, 7) is 0.393. The standard InChI is InChI=1S/C10H14N4O3/c1-17-9-7(3-2-4-13-9)5-12-6-8(15)14-10(11)16/h2-4,12H,5-6H2,1H3,(H3,11,14,15,16). The lowest BCUT2D eigenvalue weighted by molar-refractivity contribution is -0.119. The number of carbonyl (C=O) groups is 2. The van der Waals surface area contributed by atoms with Crippen molar-refractivity contribution in [3.05, 3.63) is 23.9 Å². The maximum absolute atomic E-state index is 11.1. The molecule has 0 spiro atoms. The molecule has 0 aliphatic rings. The van der Waals surface area contributed by atoms with E-state index in [4.69, 9.17) is 10.5 Å². The summed E-state index contributed by atoms with van der Waals surface area (Å²) in [7, 11) is 1.52. The molecule has 0 aliphatic carbocycles. The number of nitrogens with two attached hydrogens (primary N) is 1. The van der Waals surface area contributed by atoms with Crippen molar-refractivity contribution in [2.45, 2.75) is 6.54 Å². The molecular formula is C10H14N4O3. The van der Waals surface area contributed by atoms with Gasteiger partial charge in [-0.3, -0.25) is 10.1 Å². The van der Waals surface area contributed by atoms with E-state index in [0.29, 0.717) is 12.4 Å². The lowest BCUT2D eigenvalue weighted by Crippen LogP contribution is -2.40. The molecule has 3 amide bonds. The van der Waals surface area contributed by atoms with Gasteiger partial charge in [0.05, 0.1) is 13.7 Å². The number of amides is 3. The van der Waals surface area contributed by atoms with Gasteiger partial charge in [-0.2, -0.15) is 0 Å². The van der Waals surface area contributed by atoms with E-state index in [2.05, 4.69) is 10.3 Å². The van der Waals surface area contributed by atoms with E-state index < -0.39 is 11.9 Å². The van der Waals surface area contributed by atoms with E-state index in [9.17, 15) is 9.59 Å². The van der Waals surface area contributed by atoms with Gasteiger partial charge in [0.1, 0.15) is 0 Å². The fraction of sp³-hybridized carbons (Fsp3) is 0.300. The second kappa shape index (κ2) is 6.44. The van der Waals surface area contributed by atoms with Crippen molar-refractivity contribution in [3.63, 3.8) is 0 Å². The number of rotatable bonds is 5. The molecule has 0 bridgehead atoms. The third kappa shape index (κ3) is 4.47. The first-order chi connectivity index (χ1) is 8.13. The third-order valence-corrected chi connectivity index (χ3v) is 1.91. The number of pyridine rings is 1. The van der Waals surface area contributed by atoms with Crippen LogP contribution in [0.1, 0.15) is 5.56 Å². The molecule has 0 saturated carbocycles. The third-order valence-electron chi connectivity index (χ3n) is 1.91. The van der Waals surface area contributed by atoms with E-state index in [1.165, 1.54) is 7.11 Å². The van der Waals surface area contributed by atoms with Crippen LogP contribution in [0.15, 0.2) is 18.3 Å². The Bertz CT molecular complexity index is 408. The first-order valence-corrected chi connectivity index (χ1v) is 4.91. The summed E-state index contributed by atoms with van der Waals surface area (Å²) in [6.07, 6.45) is 1.61. The Morgan fingerprint density at radius 3 is 2.94 bits per heavy atom. The van der Waals surface area contributed by atoms with Crippen molar-refractivity contribution >= 4 is 11.9 Å². The zero-order valence-electron chi connectivity index (χ0n) is 9.40. The van der Waals surface area contributed by atoms with Crippen molar-refractivity contribution in [2.75, 3.05) is 13.7 Å². The van der Waals surface area contributed by atoms with Crippen LogP contribution in [-0.2, 0) is 11.3 Å². The smallest absolute Gasteiger partial charge is 0.318 e. The van der Waals surface area contributed by atoms with Crippen LogP contribution in [0, 0.1) is 0 Å². The molecule has 0 unspecified atom stereocenters. The Morgan fingerprint density at radius 1 is 1.53 bits per heavy atom. The van der Waals surface area contributed by atoms with Gasteiger partial charge in [0.15, 0.2) is 0 Å². The van der Waals surface area contributed by atoms with E-state index in [1.54, 1.807) is 12.3 Å². The topological polar surface area (TPSA) is 106 Å². The molecule has 0 saturated heterocycles. The molecule has 1 aromatic heterocycles. The highest BCUT2D eigenvalue weighted by molar-refractivity contribution is 5.94. The Balaban J connectivity index is 2.40. The van der Waals surface area contributed by atoms with Gasteiger partial charge in [0.2, 0.25) is 11.8 Å². The Labute approximate surface area is 98.4 Å². The molecule has 7 heteroatoms. The normalized spacial score (nSPS) is 9.71. The van der Waals surface area contributed by atoms with Crippen LogP contribution in [0.2, 0.25) is 0 Å². The van der Waals surface area contributed by atoms with Crippen LogP contribution >= 0.6 is 0 Å². The van der Waals surface area contributed by atoms with E-state index in [1.807, 2.05) is 11.4 Å². The molecule has 92 valence electrons. The molecule has 1 aromatic rings. The van der Waals surface area contributed by atoms with Gasteiger partial charge in [0, 0.05) is 18.3 Å². The first kappa shape index (κ1) is 12.9. The summed E-state index contributed by atoms with van der Waals surface area (Å²) < 4.78 is 5.04. The van der Waals surface area contributed by atoms with E-state index >= 15 is 0 Å². The van der Waals surface area contributed by atoms with Crippen LogP contribution < -0.4 is 21.1 Å². The number of hydrogen-bond acceptors (Lipinski definition) is 5. The van der Waals surface area contributed by atoms with Crippen LogP contribution in [-0.4, -0.2) is 30.6 Å². The largest absolute Gasteiger partial charge is 0.481 e. The van der Waals surface area contributed by atoms with Gasteiger partial charge >= 0.3 is 6.03 Å². The summed E-state index contributed by atoms with van der Waals surface area (Å²) in [5.74, 6) is 0.00988. The highest BCUT2D eigenvalue weighted by Crippen LogP contribution is 2.12. The summed E-state index contributed by atoms with van der Waals surface area (Å²) >= 11 is 0. The summed E-state index contributed by atoms with van der Waals surface area (Å²) in [5, 5.41) is 4.79. The molecule has 0 atom stereocenters. The van der Waals surface area contributed by atoms with Gasteiger partial charge < -0.3 is 15.8 Å². The zero-order chi connectivity index (χ0) is 12.7. The minimum absolute atomic E-state index is 0.0129. The molecule has 0 aliphatic heterocycles. The summed E-state index contributed by atoms with van der Waals surface area (Å²) in [5.41, 5.74) is 5.61. The molecule has 0 aromatic carbocycles. The molecule has 0 radical (unpaired) electrons. The van der Waals surface area contributed by atoms with Crippen molar-refractivity contribution in [1.82, 2.24) is 15.6 Å². The average molecular weight is 238 g/mol. The monoisotopic (exact) mass is 238 g/mol. The molecule has 1 rings (SSSR count). The molecule has 1 heterocycles. The Kier molecular flexibility index (Phi) is 4.89. The highest BCUT2D eigenvalue weighted by atomic mass is 16.5. The number of aromatic nitrogens is 1. The lowest BCUT2D eigenvalue weighted by atomic mass is 10.2. The summed E-state index contributed by atoms with van der Waals surface area (Å²) in [4.78, 5) is 25.5. The molecular weight excluding hydrogens is 224 g/mol. The number of hydrogen-bond donors (Lipinski definition) is 3. The first-order valence-electron chi connectivity index (χ1n) is 4.91. The Hall–Kier alpha value is -2.15. The SMILES string of the molecule is COc1ncccc1CNCC(=O)NC(N)=O. The second-order valence-electron chi connectivity index (χ2n) is 3.19. The summed E-state index contributed by atoms with van der Waals surface area (Å²) in [6, 6.07) is 2.73. The fourth-order valence-corrected chi connectivity index (χ4v) is 1.23. The van der Waals surface area contributed by atoms with Crippen LogP contribution in [0.4, 0.5) is 4.79 Å². The number of nitrogens with zero attached hydrogens (tertiary/aromatic N) is 1. The van der Waals surface area contributed by atoms with Gasteiger partial charge in [-0.05, 0) is 6.07 Å². The molecule has 4 N–H and O–H groups in total. The minimum atomic E-state index is -0.865. The number of urea groups is 1. The maximum Gasteiger partial charge on any atom is 0.318 e. The van der Waals surface area contributed by atoms with Crippen molar-refractivity contribution in [3.8, 4) is 5.88 Å². The number of imide groups is 1. The average Bonchev–Trinajstić information content (AvgIpc) is 2.28. The number of ether oxygens (including phenoxy) is 1. The predicted molar refractivity (Wildman–Crippen MR) is 60.2 cm³/mol. The van der Waals surface area contributed by atoms with Crippen molar-refractivity contribution in [1.29, 1.82) is 0 Å². The van der Waals surface area contributed by atoms with Crippen molar-refractivity contribution in [2.24, 2.45) is 5.73 Å². The van der Waals surface area contributed by atoms with Crippen LogP contribution in [0.5, 0.6) is 5.88 Å².